The van der Waals surface area contributed by atoms with Crippen molar-refractivity contribution >= 4 is 29.0 Å². The van der Waals surface area contributed by atoms with Gasteiger partial charge in [0.15, 0.2) is 0 Å². The zero-order valence-electron chi connectivity index (χ0n) is 28.9. The van der Waals surface area contributed by atoms with E-state index in [-0.39, 0.29) is 29.8 Å². The van der Waals surface area contributed by atoms with Crippen molar-refractivity contribution in [2.45, 2.75) is 26.8 Å². The molecular formula is C41H37FN4O6. The number of rotatable bonds is 12. The van der Waals surface area contributed by atoms with Gasteiger partial charge in [0.1, 0.15) is 18.1 Å². The first-order valence-electron chi connectivity index (χ1n) is 16.7. The van der Waals surface area contributed by atoms with E-state index in [0.717, 1.165) is 11.1 Å². The molecule has 0 fully saturated rings. The molecule has 52 heavy (non-hydrogen) atoms. The first kappa shape index (κ1) is 35.5. The molecule has 2 N–H and O–H groups in total. The summed E-state index contributed by atoms with van der Waals surface area (Å²) < 4.78 is 25.0. The number of halogens is 1. The van der Waals surface area contributed by atoms with Crippen molar-refractivity contribution in [3.8, 4) is 28.6 Å². The van der Waals surface area contributed by atoms with Gasteiger partial charge in [-0.2, -0.15) is 4.98 Å². The van der Waals surface area contributed by atoms with E-state index in [0.29, 0.717) is 40.4 Å². The number of hydrogen-bond donors (Lipinski definition) is 2. The predicted molar refractivity (Wildman–Crippen MR) is 195 cm³/mol. The molecule has 1 aliphatic rings. The van der Waals surface area contributed by atoms with E-state index >= 15 is 0 Å². The Kier molecular flexibility index (Phi) is 10.7. The predicted octanol–water partition coefficient (Wildman–Crippen LogP) is 7.68. The van der Waals surface area contributed by atoms with Crippen LogP contribution in [0.3, 0.4) is 0 Å². The normalized spacial score (nSPS) is 15.1. The summed E-state index contributed by atoms with van der Waals surface area (Å²) in [5, 5.41) is 16.4. The Balaban J connectivity index is 1.08. The number of carboxylic acid groups (broad SMARTS) is 1. The minimum atomic E-state index is -1.17. The highest BCUT2D eigenvalue weighted by Crippen LogP contribution is 2.30. The third kappa shape index (κ3) is 8.32. The lowest BCUT2D eigenvalue weighted by atomic mass is 9.86. The number of methoxy groups -OCH3 is 1. The monoisotopic (exact) mass is 700 g/mol. The summed E-state index contributed by atoms with van der Waals surface area (Å²) >= 11 is 0. The number of nitrogens with zero attached hydrogens (tertiary/aromatic N) is 3. The molecule has 0 saturated carbocycles. The topological polar surface area (TPSA) is 135 Å². The van der Waals surface area contributed by atoms with Gasteiger partial charge < -0.3 is 24.6 Å². The van der Waals surface area contributed by atoms with Gasteiger partial charge in [-0.1, -0.05) is 79.7 Å². The second-order valence-electron chi connectivity index (χ2n) is 12.7. The van der Waals surface area contributed by atoms with E-state index in [1.807, 2.05) is 24.3 Å². The van der Waals surface area contributed by atoms with E-state index in [4.69, 9.17) is 9.26 Å². The molecule has 1 aromatic heterocycles. The summed E-state index contributed by atoms with van der Waals surface area (Å²) in [6, 6.07) is 25.5. The molecular weight excluding hydrogens is 663 g/mol. The minimum absolute atomic E-state index is 0.0293. The number of carboxylic acids is 1. The summed E-state index contributed by atoms with van der Waals surface area (Å²) in [5.41, 5.74) is 5.23. The highest BCUT2D eigenvalue weighted by atomic mass is 19.1. The summed E-state index contributed by atoms with van der Waals surface area (Å²) in [7, 11) is 1.40. The lowest BCUT2D eigenvalue weighted by Crippen LogP contribution is -2.35. The van der Waals surface area contributed by atoms with Gasteiger partial charge >= 0.3 is 5.97 Å². The third-order valence-corrected chi connectivity index (χ3v) is 8.99. The van der Waals surface area contributed by atoms with Gasteiger partial charge in [0.05, 0.1) is 13.5 Å². The van der Waals surface area contributed by atoms with Crippen LogP contribution < -0.4 is 10.1 Å². The number of benzene rings is 4. The third-order valence-electron chi connectivity index (χ3n) is 8.99. The van der Waals surface area contributed by atoms with E-state index in [2.05, 4.69) is 47.5 Å². The van der Waals surface area contributed by atoms with Gasteiger partial charge in [-0.25, -0.2) is 4.39 Å². The Hall–Kier alpha value is -6.36. The molecule has 4 aromatic carbocycles. The maximum Gasteiger partial charge on any atom is 0.323 e. The SMILES string of the molecule is COc1cccc(F)c1CC(=O)Nc1ccc(C(=O)N(CC(=O)O)Cc2ccc(-c3noc(-c4ccc(C5=CC(C)C(C)C=C5)cc4)n3)cc2)cc1. The van der Waals surface area contributed by atoms with Crippen LogP contribution in [0.5, 0.6) is 5.75 Å². The molecule has 5 aromatic rings. The number of carbonyl (C=O) groups is 3. The van der Waals surface area contributed by atoms with Gasteiger partial charge in [0, 0.05) is 34.5 Å². The number of anilines is 1. The second-order valence-corrected chi connectivity index (χ2v) is 12.7. The van der Waals surface area contributed by atoms with Crippen LogP contribution in [0.25, 0.3) is 28.4 Å². The Bertz CT molecular complexity index is 2140. The van der Waals surface area contributed by atoms with E-state index in [9.17, 15) is 23.9 Å². The van der Waals surface area contributed by atoms with Crippen LogP contribution >= 0.6 is 0 Å². The zero-order chi connectivity index (χ0) is 36.8. The molecule has 0 saturated heterocycles. The van der Waals surface area contributed by atoms with Crippen molar-refractivity contribution in [1.29, 1.82) is 0 Å². The molecule has 0 radical (unpaired) electrons. The maximum atomic E-state index is 14.3. The molecule has 0 bridgehead atoms. The van der Waals surface area contributed by atoms with Crippen molar-refractivity contribution < 1.29 is 33.1 Å². The lowest BCUT2D eigenvalue weighted by Gasteiger charge is -2.21. The van der Waals surface area contributed by atoms with Gasteiger partial charge in [-0.05, 0) is 77.1 Å². The average Bonchev–Trinajstić information content (AvgIpc) is 3.64. The Morgan fingerprint density at radius 1 is 0.904 bits per heavy atom. The van der Waals surface area contributed by atoms with Crippen molar-refractivity contribution in [3.05, 3.63) is 137 Å². The Morgan fingerprint density at radius 3 is 2.27 bits per heavy atom. The van der Waals surface area contributed by atoms with Crippen LogP contribution in [-0.4, -0.2) is 51.6 Å². The largest absolute Gasteiger partial charge is 0.496 e. The van der Waals surface area contributed by atoms with Crippen LogP contribution in [0.15, 0.2) is 114 Å². The van der Waals surface area contributed by atoms with Crippen molar-refractivity contribution in [1.82, 2.24) is 15.0 Å². The number of nitrogens with one attached hydrogen (secondary N) is 1. The number of allylic oxidation sites excluding steroid dienone is 4. The van der Waals surface area contributed by atoms with Crippen LogP contribution in [0, 0.1) is 17.7 Å². The molecule has 1 heterocycles. The number of ether oxygens (including phenoxy) is 1. The van der Waals surface area contributed by atoms with Crippen LogP contribution in [0.1, 0.15) is 40.9 Å². The molecule has 6 rings (SSSR count). The van der Waals surface area contributed by atoms with Crippen molar-refractivity contribution in [2.75, 3.05) is 19.0 Å². The van der Waals surface area contributed by atoms with Crippen LogP contribution in [0.2, 0.25) is 0 Å². The van der Waals surface area contributed by atoms with E-state index < -0.39 is 30.1 Å². The number of amides is 2. The lowest BCUT2D eigenvalue weighted by molar-refractivity contribution is -0.137. The van der Waals surface area contributed by atoms with Gasteiger partial charge in [0.25, 0.3) is 11.8 Å². The summed E-state index contributed by atoms with van der Waals surface area (Å²) in [5.74, 6) is -0.675. The average molecular weight is 701 g/mol. The second kappa shape index (κ2) is 15.7. The summed E-state index contributed by atoms with van der Waals surface area (Å²) in [6.45, 7) is 3.92. The highest BCUT2D eigenvalue weighted by molar-refractivity contribution is 5.97. The maximum absolute atomic E-state index is 14.3. The van der Waals surface area contributed by atoms with Gasteiger partial charge in [-0.15, -0.1) is 0 Å². The molecule has 11 heteroatoms. The molecule has 0 spiro atoms. The van der Waals surface area contributed by atoms with Crippen LogP contribution in [-0.2, 0) is 22.6 Å². The fourth-order valence-corrected chi connectivity index (χ4v) is 5.87. The molecule has 2 amide bonds. The number of aliphatic carboxylic acids is 1. The Labute approximate surface area is 300 Å². The molecule has 2 unspecified atom stereocenters. The van der Waals surface area contributed by atoms with Crippen molar-refractivity contribution in [3.63, 3.8) is 0 Å². The number of carbonyl (C=O) groups excluding carboxylic acids is 2. The van der Waals surface area contributed by atoms with Crippen molar-refractivity contribution in [2.24, 2.45) is 11.8 Å². The van der Waals surface area contributed by atoms with Gasteiger partial charge in [-0.3, -0.25) is 14.4 Å². The summed E-state index contributed by atoms with van der Waals surface area (Å²) in [4.78, 5) is 43.5. The minimum Gasteiger partial charge on any atom is -0.496 e. The fraction of sp³-hybridized carbons (Fsp3) is 0.195. The van der Waals surface area contributed by atoms with Crippen LogP contribution in [0.4, 0.5) is 10.1 Å². The summed E-state index contributed by atoms with van der Waals surface area (Å²) in [6.07, 6.45) is 6.41. The molecule has 0 aliphatic heterocycles. The Morgan fingerprint density at radius 2 is 1.60 bits per heavy atom. The smallest absolute Gasteiger partial charge is 0.323 e. The van der Waals surface area contributed by atoms with E-state index in [1.54, 1.807) is 30.3 Å². The molecule has 10 nitrogen and oxygen atoms in total. The molecule has 1 aliphatic carbocycles. The quantitative estimate of drug-likeness (QED) is 0.135. The number of aromatic nitrogens is 2. The molecule has 264 valence electrons. The first-order chi connectivity index (χ1) is 25.1. The fourth-order valence-electron chi connectivity index (χ4n) is 5.87. The van der Waals surface area contributed by atoms with E-state index in [1.165, 1.54) is 54.0 Å². The molecule has 2 atom stereocenters. The first-order valence-corrected chi connectivity index (χ1v) is 16.7. The zero-order valence-corrected chi connectivity index (χ0v) is 28.9. The van der Waals surface area contributed by atoms with Gasteiger partial charge in [0.2, 0.25) is 11.7 Å². The highest BCUT2D eigenvalue weighted by Gasteiger charge is 2.21. The standard InChI is InChI=1S/C41H37FN4O6/c1-25-7-10-32(21-26(25)2)28-13-15-30(16-14-28)40-44-39(45-52-40)29-11-8-27(9-12-29)23-46(24-38(48)49)41(50)31-17-19-33(20-18-31)43-37(47)22-34-35(42)5-4-6-36(34)51-3/h4-21,25-26H,22-24H2,1-3H3,(H,43,47)(H,48,49). The number of hydrogen-bond acceptors (Lipinski definition) is 7.